The van der Waals surface area contributed by atoms with Gasteiger partial charge >= 0.3 is 13.9 Å². The fourth-order valence-electron chi connectivity index (χ4n) is 2.93. The number of aliphatic hydroxyl groups excluding tert-OH is 1. The zero-order valence-electron chi connectivity index (χ0n) is 18.8. The van der Waals surface area contributed by atoms with Crippen LogP contribution in [0, 0.1) is 5.41 Å². The van der Waals surface area contributed by atoms with Gasteiger partial charge in [-0.25, -0.2) is 9.18 Å². The van der Waals surface area contributed by atoms with Crippen molar-refractivity contribution in [1.82, 2.24) is 9.55 Å². The Morgan fingerprint density at radius 1 is 1.50 bits per heavy atom. The van der Waals surface area contributed by atoms with Crippen LogP contribution >= 0.6 is 20.0 Å². The maximum Gasteiger partial charge on any atom is 0.330 e. The van der Waals surface area contributed by atoms with E-state index < -0.39 is 62.2 Å². The number of azide groups is 1. The molecule has 1 saturated heterocycles. The molecule has 0 aliphatic carbocycles. The monoisotopic (exact) mass is 523 g/mol. The van der Waals surface area contributed by atoms with Crippen molar-refractivity contribution >= 4 is 25.1 Å². The molecule has 5 atom stereocenters. The number of halogens is 1. The normalized spacial score (nSPS) is 25.6. The Kier molecular flexibility index (Phi) is 10.1. The Bertz CT molecular complexity index is 1060. The van der Waals surface area contributed by atoms with Crippen molar-refractivity contribution < 1.29 is 32.6 Å². The topological polar surface area (TPSA) is 186 Å². The maximum absolute atomic E-state index is 14.9. The molecule has 1 aromatic heterocycles. The van der Waals surface area contributed by atoms with E-state index in [1.54, 1.807) is 0 Å². The largest absolute Gasteiger partial charge is 0.387 e. The van der Waals surface area contributed by atoms with E-state index in [9.17, 15) is 28.4 Å². The predicted molar refractivity (Wildman–Crippen MR) is 122 cm³/mol. The molecule has 0 bridgehead atoms. The molecule has 0 radical (unpaired) electrons. The van der Waals surface area contributed by atoms with E-state index >= 15 is 0 Å². The van der Waals surface area contributed by atoms with Gasteiger partial charge in [0.05, 0.1) is 19.8 Å². The van der Waals surface area contributed by atoms with Crippen molar-refractivity contribution in [2.75, 3.05) is 25.5 Å². The molecule has 1 fully saturated rings. The lowest BCUT2D eigenvalue weighted by molar-refractivity contribution is -0.118. The molecule has 0 aromatic carbocycles. The SMILES string of the molecule is CCC(C)(C)C(=O)SCCO[PH](=O)OC[C@@]1(CN=[N+]=[N-])O[C@@H](n2ccc(=O)[nH]c2=O)[C@H](F)[C@@H]1O. The lowest BCUT2D eigenvalue weighted by Crippen LogP contribution is -2.48. The first-order valence-electron chi connectivity index (χ1n) is 10.3. The summed E-state index contributed by atoms with van der Waals surface area (Å²) in [6.07, 6.45) is -4.13. The van der Waals surface area contributed by atoms with Gasteiger partial charge in [0.15, 0.2) is 17.5 Å². The molecule has 1 unspecified atom stereocenters. The predicted octanol–water partition coefficient (Wildman–Crippen LogP) is 1.93. The summed E-state index contributed by atoms with van der Waals surface area (Å²) < 4.78 is 43.5. The van der Waals surface area contributed by atoms with Crippen molar-refractivity contribution in [3.8, 4) is 0 Å². The number of hydrogen-bond donors (Lipinski definition) is 2. The lowest BCUT2D eigenvalue weighted by Gasteiger charge is -2.29. The van der Waals surface area contributed by atoms with E-state index in [0.717, 1.165) is 28.6 Å². The Morgan fingerprint density at radius 2 is 2.21 bits per heavy atom. The quantitative estimate of drug-likeness (QED) is 0.136. The zero-order valence-corrected chi connectivity index (χ0v) is 20.6. The van der Waals surface area contributed by atoms with Gasteiger partial charge in [-0.3, -0.25) is 23.7 Å². The molecule has 1 aliphatic heterocycles. The first-order chi connectivity index (χ1) is 16.0. The average molecular weight is 523 g/mol. The highest BCUT2D eigenvalue weighted by molar-refractivity contribution is 8.13. The number of aromatic nitrogens is 2. The van der Waals surface area contributed by atoms with Gasteiger partial charge < -0.3 is 18.9 Å². The van der Waals surface area contributed by atoms with Crippen molar-refractivity contribution in [3.63, 3.8) is 0 Å². The lowest BCUT2D eigenvalue weighted by atomic mass is 9.92. The number of thioether (sulfide) groups is 1. The molecule has 16 heteroatoms. The number of rotatable bonds is 12. The summed E-state index contributed by atoms with van der Waals surface area (Å²) in [4.78, 5) is 39.9. The second-order valence-electron chi connectivity index (χ2n) is 8.13. The van der Waals surface area contributed by atoms with Crippen LogP contribution in [0.5, 0.6) is 0 Å². The molecule has 1 aromatic rings. The van der Waals surface area contributed by atoms with Crippen molar-refractivity contribution in [1.29, 1.82) is 0 Å². The van der Waals surface area contributed by atoms with Gasteiger partial charge in [-0.1, -0.05) is 37.6 Å². The molecule has 2 rings (SSSR count). The highest BCUT2D eigenvalue weighted by Crippen LogP contribution is 2.41. The summed E-state index contributed by atoms with van der Waals surface area (Å²) in [5.41, 5.74) is 4.50. The minimum Gasteiger partial charge on any atom is -0.387 e. The zero-order chi connectivity index (χ0) is 25.5. The molecule has 0 amide bonds. The molecular formula is C18H27FN5O8PS. The van der Waals surface area contributed by atoms with Crippen LogP contribution in [0.2, 0.25) is 0 Å². The third-order valence-corrected chi connectivity index (χ3v) is 7.41. The van der Waals surface area contributed by atoms with Gasteiger partial charge in [0.2, 0.25) is 0 Å². The van der Waals surface area contributed by atoms with Gasteiger partial charge in [-0.05, 0) is 12.0 Å². The summed E-state index contributed by atoms with van der Waals surface area (Å²) in [7, 11) is -3.15. The van der Waals surface area contributed by atoms with Crippen LogP contribution in [0.15, 0.2) is 27.0 Å². The van der Waals surface area contributed by atoms with Gasteiger partial charge in [-0.2, -0.15) is 0 Å². The van der Waals surface area contributed by atoms with E-state index in [4.69, 9.17) is 19.3 Å². The fraction of sp³-hybridized carbons (Fsp3) is 0.722. The van der Waals surface area contributed by atoms with E-state index in [1.807, 2.05) is 25.8 Å². The number of nitrogens with zero attached hydrogens (tertiary/aromatic N) is 4. The number of aromatic amines is 1. The Balaban J connectivity index is 2.03. The number of nitrogens with one attached hydrogen (secondary N) is 1. The summed E-state index contributed by atoms with van der Waals surface area (Å²) >= 11 is 1.04. The van der Waals surface area contributed by atoms with E-state index in [1.165, 1.54) is 0 Å². The third kappa shape index (κ3) is 6.79. The van der Waals surface area contributed by atoms with Crippen molar-refractivity contribution in [3.05, 3.63) is 43.5 Å². The molecule has 2 heterocycles. The summed E-state index contributed by atoms with van der Waals surface area (Å²) in [6, 6.07) is 0.963. The van der Waals surface area contributed by atoms with Crippen molar-refractivity contribution in [2.24, 2.45) is 10.5 Å². The van der Waals surface area contributed by atoms with Crippen molar-refractivity contribution in [2.45, 2.75) is 51.3 Å². The molecule has 0 spiro atoms. The second-order valence-corrected chi connectivity index (χ2v) is 10.3. The number of hydrogen-bond acceptors (Lipinski definition) is 10. The van der Waals surface area contributed by atoms with Gasteiger partial charge in [0.1, 0.15) is 11.7 Å². The van der Waals surface area contributed by atoms with E-state index in [0.29, 0.717) is 6.42 Å². The maximum atomic E-state index is 14.9. The standard InChI is InChI=1S/C18H27FN5O8PS/c1-4-17(2,3)15(27)34-8-7-30-33(29)31-10-18(9-21-23-20)13(26)12(19)14(32-18)24-6-5-11(25)22-16(24)28/h5-6,12-14,26,33H,4,7-10H2,1-3H3,(H,22,25,28)/t12-,13+,14-,18-/m1/s1. The van der Waals surface area contributed by atoms with Crippen LogP contribution in [0.1, 0.15) is 33.4 Å². The van der Waals surface area contributed by atoms with Crippen LogP contribution in [0.3, 0.4) is 0 Å². The number of carbonyl (C=O) groups is 1. The van der Waals surface area contributed by atoms with E-state index in [2.05, 4.69) is 10.0 Å². The number of carbonyl (C=O) groups excluding carboxylic acids is 1. The first kappa shape index (κ1) is 28.2. The fourth-order valence-corrected chi connectivity index (χ4v) is 4.68. The molecule has 2 N–H and O–H groups in total. The van der Waals surface area contributed by atoms with E-state index in [-0.39, 0.29) is 17.5 Å². The molecule has 190 valence electrons. The number of ether oxygens (including phenoxy) is 1. The minimum atomic E-state index is -3.15. The second kappa shape index (κ2) is 12.1. The third-order valence-electron chi connectivity index (χ3n) is 5.40. The highest BCUT2D eigenvalue weighted by atomic mass is 32.2. The molecule has 0 saturated carbocycles. The summed E-state index contributed by atoms with van der Waals surface area (Å²) in [5, 5.41) is 13.8. The summed E-state index contributed by atoms with van der Waals surface area (Å²) in [5.74, 6) is 0.231. The summed E-state index contributed by atoms with van der Waals surface area (Å²) in [6.45, 7) is 4.17. The first-order valence-corrected chi connectivity index (χ1v) is 12.5. The highest BCUT2D eigenvalue weighted by Gasteiger charge is 2.56. The van der Waals surface area contributed by atoms with Gasteiger partial charge in [0, 0.05) is 28.3 Å². The van der Waals surface area contributed by atoms with Crippen LogP contribution in [0.25, 0.3) is 10.4 Å². The Labute approximate surface area is 198 Å². The average Bonchev–Trinajstić information content (AvgIpc) is 3.04. The van der Waals surface area contributed by atoms with Crippen LogP contribution in [-0.4, -0.2) is 63.2 Å². The Morgan fingerprint density at radius 3 is 2.82 bits per heavy atom. The number of H-pyrrole nitrogens is 1. The molecule has 13 nitrogen and oxygen atoms in total. The smallest absolute Gasteiger partial charge is 0.330 e. The van der Waals surface area contributed by atoms with Crippen LogP contribution in [-0.2, 0) is 23.1 Å². The number of aliphatic hydroxyl groups is 1. The minimum absolute atomic E-state index is 0.0347. The van der Waals surface area contributed by atoms with Gasteiger partial charge in [-0.15, -0.1) is 0 Å². The van der Waals surface area contributed by atoms with Gasteiger partial charge in [0.25, 0.3) is 5.56 Å². The molecule has 34 heavy (non-hydrogen) atoms. The molecule has 1 aliphatic rings. The number of alkyl halides is 1. The van der Waals surface area contributed by atoms with Crippen LogP contribution in [0.4, 0.5) is 4.39 Å². The Hall–Kier alpha value is -1.99. The molecular weight excluding hydrogens is 496 g/mol. The van der Waals surface area contributed by atoms with Crippen LogP contribution < -0.4 is 11.2 Å².